The zero-order valence-corrected chi connectivity index (χ0v) is 16.9. The SMILES string of the molecule is CCCCc1oc2ccccc2c1C(=O)c1ccc(C(=O)NC2CCCC2)cc1. The molecular weight excluding hydrogens is 362 g/mol. The van der Waals surface area contributed by atoms with Crippen molar-refractivity contribution in [1.29, 1.82) is 0 Å². The number of nitrogens with one attached hydrogen (secondary N) is 1. The van der Waals surface area contributed by atoms with Crippen LogP contribution in [0.5, 0.6) is 0 Å². The summed E-state index contributed by atoms with van der Waals surface area (Å²) in [7, 11) is 0. The predicted molar refractivity (Wildman–Crippen MR) is 114 cm³/mol. The molecule has 29 heavy (non-hydrogen) atoms. The first kappa shape index (κ1) is 19.4. The number of carbonyl (C=O) groups is 2. The Morgan fingerprint density at radius 3 is 2.41 bits per heavy atom. The lowest BCUT2D eigenvalue weighted by molar-refractivity contribution is 0.0936. The maximum Gasteiger partial charge on any atom is 0.251 e. The molecule has 0 spiro atoms. The van der Waals surface area contributed by atoms with E-state index in [1.807, 2.05) is 24.3 Å². The summed E-state index contributed by atoms with van der Waals surface area (Å²) in [6.07, 6.45) is 7.21. The highest BCUT2D eigenvalue weighted by molar-refractivity contribution is 6.17. The van der Waals surface area contributed by atoms with E-state index in [-0.39, 0.29) is 17.7 Å². The molecule has 2 aromatic carbocycles. The highest BCUT2D eigenvalue weighted by atomic mass is 16.3. The second-order valence-corrected chi connectivity index (χ2v) is 7.86. The molecule has 0 radical (unpaired) electrons. The van der Waals surface area contributed by atoms with Crippen molar-refractivity contribution in [1.82, 2.24) is 5.32 Å². The first-order valence-corrected chi connectivity index (χ1v) is 10.6. The Labute approximate surface area is 171 Å². The van der Waals surface area contributed by atoms with E-state index < -0.39 is 0 Å². The quantitative estimate of drug-likeness (QED) is 0.529. The third kappa shape index (κ3) is 4.12. The van der Waals surface area contributed by atoms with Gasteiger partial charge in [0.05, 0.1) is 5.56 Å². The molecule has 4 heteroatoms. The van der Waals surface area contributed by atoms with Crippen molar-refractivity contribution >= 4 is 22.7 Å². The molecule has 0 unspecified atom stereocenters. The van der Waals surface area contributed by atoms with E-state index in [2.05, 4.69) is 12.2 Å². The van der Waals surface area contributed by atoms with Gasteiger partial charge >= 0.3 is 0 Å². The molecule has 1 heterocycles. The zero-order chi connectivity index (χ0) is 20.2. The van der Waals surface area contributed by atoms with Crippen molar-refractivity contribution in [2.45, 2.75) is 57.9 Å². The van der Waals surface area contributed by atoms with Crippen molar-refractivity contribution < 1.29 is 14.0 Å². The first-order valence-electron chi connectivity index (χ1n) is 10.6. The van der Waals surface area contributed by atoms with Crippen molar-refractivity contribution in [3.63, 3.8) is 0 Å². The summed E-state index contributed by atoms with van der Waals surface area (Å²) in [5, 5.41) is 3.94. The van der Waals surface area contributed by atoms with E-state index in [1.54, 1.807) is 24.3 Å². The van der Waals surface area contributed by atoms with Crippen LogP contribution >= 0.6 is 0 Å². The number of aryl methyl sites for hydroxylation is 1. The van der Waals surface area contributed by atoms with Crippen LogP contribution in [0.3, 0.4) is 0 Å². The number of para-hydroxylation sites is 1. The minimum atomic E-state index is -0.0618. The molecule has 1 aromatic heterocycles. The van der Waals surface area contributed by atoms with E-state index in [4.69, 9.17) is 4.42 Å². The number of carbonyl (C=O) groups excluding carboxylic acids is 2. The van der Waals surface area contributed by atoms with Crippen molar-refractivity contribution in [3.8, 4) is 0 Å². The summed E-state index contributed by atoms with van der Waals surface area (Å²) in [5.74, 6) is 0.637. The maximum atomic E-state index is 13.3. The number of benzene rings is 2. The number of hydrogen-bond acceptors (Lipinski definition) is 3. The minimum Gasteiger partial charge on any atom is -0.460 e. The molecule has 1 amide bonds. The van der Waals surface area contributed by atoms with E-state index in [1.165, 1.54) is 12.8 Å². The number of amides is 1. The summed E-state index contributed by atoms with van der Waals surface area (Å²) in [5.41, 5.74) is 2.56. The van der Waals surface area contributed by atoms with Crippen molar-refractivity contribution in [3.05, 3.63) is 71.0 Å². The number of fused-ring (bicyclic) bond motifs is 1. The van der Waals surface area contributed by atoms with Gasteiger partial charge in [-0.1, -0.05) is 56.5 Å². The Morgan fingerprint density at radius 2 is 1.69 bits per heavy atom. The molecule has 3 aromatic rings. The second-order valence-electron chi connectivity index (χ2n) is 7.86. The molecule has 0 saturated heterocycles. The van der Waals surface area contributed by atoms with Crippen LogP contribution in [0.1, 0.15) is 77.5 Å². The molecule has 150 valence electrons. The van der Waals surface area contributed by atoms with Gasteiger partial charge in [0, 0.05) is 29.0 Å². The van der Waals surface area contributed by atoms with Crippen LogP contribution in [0.15, 0.2) is 52.9 Å². The number of furan rings is 1. The third-order valence-corrected chi connectivity index (χ3v) is 5.75. The lowest BCUT2D eigenvalue weighted by Gasteiger charge is -2.12. The summed E-state index contributed by atoms with van der Waals surface area (Å²) >= 11 is 0. The fraction of sp³-hybridized carbons (Fsp3) is 0.360. The first-order chi connectivity index (χ1) is 14.2. The smallest absolute Gasteiger partial charge is 0.251 e. The molecule has 1 saturated carbocycles. The number of hydrogen-bond donors (Lipinski definition) is 1. The molecule has 1 aliphatic carbocycles. The Hall–Kier alpha value is -2.88. The van der Waals surface area contributed by atoms with Gasteiger partial charge in [-0.2, -0.15) is 0 Å². The lowest BCUT2D eigenvalue weighted by Crippen LogP contribution is -2.32. The van der Waals surface area contributed by atoms with Crippen LogP contribution in [0.25, 0.3) is 11.0 Å². The topological polar surface area (TPSA) is 59.3 Å². The molecular formula is C25H27NO3. The average Bonchev–Trinajstić information content (AvgIpc) is 3.39. The Balaban J connectivity index is 1.58. The summed E-state index contributed by atoms with van der Waals surface area (Å²) < 4.78 is 6.00. The number of ketones is 1. The summed E-state index contributed by atoms with van der Waals surface area (Å²) in [4.78, 5) is 25.8. The normalized spacial score (nSPS) is 14.4. The molecule has 4 rings (SSSR count). The lowest BCUT2D eigenvalue weighted by atomic mass is 9.97. The van der Waals surface area contributed by atoms with E-state index in [0.29, 0.717) is 16.7 Å². The molecule has 0 aliphatic heterocycles. The van der Waals surface area contributed by atoms with Crippen LogP contribution in [-0.2, 0) is 6.42 Å². The average molecular weight is 389 g/mol. The third-order valence-electron chi connectivity index (χ3n) is 5.75. The van der Waals surface area contributed by atoms with Crippen LogP contribution in [-0.4, -0.2) is 17.7 Å². The molecule has 1 fully saturated rings. The Bertz CT molecular complexity index is 1010. The molecule has 1 N–H and O–H groups in total. The van der Waals surface area contributed by atoms with Crippen LogP contribution in [0.2, 0.25) is 0 Å². The monoisotopic (exact) mass is 389 g/mol. The van der Waals surface area contributed by atoms with Gasteiger partial charge in [0.1, 0.15) is 11.3 Å². The fourth-order valence-electron chi connectivity index (χ4n) is 4.11. The minimum absolute atomic E-state index is 0.0520. The molecule has 1 aliphatic rings. The van der Waals surface area contributed by atoms with Crippen LogP contribution in [0, 0.1) is 0 Å². The van der Waals surface area contributed by atoms with Gasteiger partial charge in [0.25, 0.3) is 5.91 Å². The Kier molecular flexibility index (Phi) is 5.79. The largest absolute Gasteiger partial charge is 0.460 e. The number of rotatable bonds is 7. The molecule has 0 atom stereocenters. The predicted octanol–water partition coefficient (Wildman–Crippen LogP) is 5.68. The van der Waals surface area contributed by atoms with Gasteiger partial charge in [-0.25, -0.2) is 0 Å². The molecule has 4 nitrogen and oxygen atoms in total. The molecule has 0 bridgehead atoms. The van der Waals surface area contributed by atoms with Gasteiger partial charge in [0.2, 0.25) is 0 Å². The summed E-state index contributed by atoms with van der Waals surface area (Å²) in [6, 6.07) is 14.9. The number of unbranched alkanes of at least 4 members (excludes halogenated alkanes) is 1. The van der Waals surface area contributed by atoms with Gasteiger partial charge in [0.15, 0.2) is 5.78 Å². The van der Waals surface area contributed by atoms with Crippen molar-refractivity contribution in [2.24, 2.45) is 0 Å². The second kappa shape index (κ2) is 8.64. The fourth-order valence-corrected chi connectivity index (χ4v) is 4.11. The van der Waals surface area contributed by atoms with Gasteiger partial charge in [-0.05, 0) is 37.5 Å². The zero-order valence-electron chi connectivity index (χ0n) is 16.9. The highest BCUT2D eigenvalue weighted by Crippen LogP contribution is 2.29. The van der Waals surface area contributed by atoms with Gasteiger partial charge in [-0.15, -0.1) is 0 Å². The van der Waals surface area contributed by atoms with E-state index >= 15 is 0 Å². The van der Waals surface area contributed by atoms with Crippen LogP contribution < -0.4 is 5.32 Å². The van der Waals surface area contributed by atoms with Crippen LogP contribution in [0.4, 0.5) is 0 Å². The van der Waals surface area contributed by atoms with E-state index in [9.17, 15) is 9.59 Å². The maximum absolute atomic E-state index is 13.3. The highest BCUT2D eigenvalue weighted by Gasteiger charge is 2.22. The summed E-state index contributed by atoms with van der Waals surface area (Å²) in [6.45, 7) is 2.12. The van der Waals surface area contributed by atoms with E-state index in [0.717, 1.165) is 48.8 Å². The Morgan fingerprint density at radius 1 is 1.00 bits per heavy atom. The van der Waals surface area contributed by atoms with Gasteiger partial charge < -0.3 is 9.73 Å². The standard InChI is InChI=1S/C25H27NO3/c1-2-3-11-22-23(20-10-6-7-12-21(20)29-22)24(27)17-13-15-18(16-14-17)25(28)26-19-8-4-5-9-19/h6-7,10,12-16,19H,2-5,8-9,11H2,1H3,(H,26,28). The van der Waals surface area contributed by atoms with Crippen molar-refractivity contribution in [2.75, 3.05) is 0 Å². The van der Waals surface area contributed by atoms with Gasteiger partial charge in [-0.3, -0.25) is 9.59 Å².